The third kappa shape index (κ3) is 11.2. The molecule has 0 fully saturated rings. The first-order chi connectivity index (χ1) is 30.6. The number of nitrogens with zero attached hydrogens (tertiary/aromatic N) is 2. The maximum atomic E-state index is 12.1. The number of aromatic hydroxyl groups is 1. The summed E-state index contributed by atoms with van der Waals surface area (Å²) in [7, 11) is 9.56. The highest BCUT2D eigenvalue weighted by Gasteiger charge is 2.43. The van der Waals surface area contributed by atoms with E-state index in [9.17, 15) is 9.90 Å². The lowest BCUT2D eigenvalue weighted by Crippen LogP contribution is -2.52. The van der Waals surface area contributed by atoms with Crippen LogP contribution < -0.4 is 23.7 Å². The van der Waals surface area contributed by atoms with Gasteiger partial charge in [0.1, 0.15) is 11.8 Å². The minimum absolute atomic E-state index is 0.00609. The standard InChI is InChI=1S/C53H70N2O8/c1-54-28-26-39-34-46(60-4)48-36-42(39)43(54)31-37-20-23-41(24-21-37)62-47-33-38(22-25-45(47)59-3)32-44-51-40(35-49(61-5)52(58)53(51)63-48)27-30-55(44,2)29-18-16-14-12-10-8-6-7-9-11-13-15-17-19-50(56)57/h20-25,33-36,43-44H,6-19,26-32H2,1-5H3,(H-,56,57,58)/p+1. The molecule has 4 aliphatic heterocycles. The van der Waals surface area contributed by atoms with Gasteiger partial charge < -0.3 is 38.4 Å². The molecular formula is C53H71N2O8+. The van der Waals surface area contributed by atoms with Crippen LogP contribution in [-0.2, 0) is 30.5 Å². The number of ether oxygens (including phenoxy) is 5. The lowest BCUT2D eigenvalue weighted by Gasteiger charge is -2.46. The van der Waals surface area contributed by atoms with E-state index in [1.165, 1.54) is 74.5 Å². The van der Waals surface area contributed by atoms with E-state index >= 15 is 0 Å². The van der Waals surface area contributed by atoms with Crippen LogP contribution in [0.4, 0.5) is 0 Å². The number of quaternary nitrogens is 1. The smallest absolute Gasteiger partial charge is 0.303 e. The summed E-state index contributed by atoms with van der Waals surface area (Å²) in [6.45, 7) is 2.89. The van der Waals surface area contributed by atoms with Gasteiger partial charge in [-0.2, -0.15) is 0 Å². The molecule has 0 aromatic heterocycles. The van der Waals surface area contributed by atoms with Crippen LogP contribution in [0, 0.1) is 0 Å². The summed E-state index contributed by atoms with van der Waals surface area (Å²) in [6.07, 6.45) is 18.9. The molecule has 0 aliphatic carbocycles. The molecule has 340 valence electrons. The number of aliphatic carboxylic acids is 1. The molecular weight excluding hydrogens is 793 g/mol. The Bertz CT molecular complexity index is 2150. The first-order valence-electron chi connectivity index (χ1n) is 23.6. The summed E-state index contributed by atoms with van der Waals surface area (Å²) in [6, 6.07) is 21.1. The molecule has 4 aliphatic rings. The van der Waals surface area contributed by atoms with Crippen LogP contribution in [0.25, 0.3) is 0 Å². The lowest BCUT2D eigenvalue weighted by atomic mass is 9.85. The Morgan fingerprint density at radius 3 is 1.95 bits per heavy atom. The van der Waals surface area contributed by atoms with Gasteiger partial charge in [-0.1, -0.05) is 82.4 Å². The number of carbonyl (C=O) groups is 1. The summed E-state index contributed by atoms with van der Waals surface area (Å²) in [5.74, 6) is 3.52. The molecule has 8 rings (SSSR count). The first-order valence-corrected chi connectivity index (χ1v) is 23.6. The van der Waals surface area contributed by atoms with Crippen LogP contribution in [0.1, 0.15) is 135 Å². The predicted molar refractivity (Wildman–Crippen MR) is 248 cm³/mol. The number of likely N-dealkylation sites (N-methyl/N-ethyl adjacent to an activating group) is 2. The number of carboxylic acid groups (broad SMARTS) is 1. The van der Waals surface area contributed by atoms with Crippen molar-refractivity contribution < 1.29 is 43.2 Å². The second kappa shape index (κ2) is 21.6. The van der Waals surface area contributed by atoms with E-state index in [1.54, 1.807) is 21.3 Å². The molecule has 4 aromatic carbocycles. The van der Waals surface area contributed by atoms with Crippen molar-refractivity contribution in [2.24, 2.45) is 0 Å². The molecule has 63 heavy (non-hydrogen) atoms. The normalized spacial score (nSPS) is 19.3. The van der Waals surface area contributed by atoms with E-state index < -0.39 is 5.97 Å². The Balaban J connectivity index is 1.15. The van der Waals surface area contributed by atoms with Gasteiger partial charge in [0.05, 0.1) is 47.0 Å². The number of hydrogen-bond donors (Lipinski definition) is 2. The topological polar surface area (TPSA) is 107 Å². The van der Waals surface area contributed by atoms with Crippen molar-refractivity contribution in [2.45, 2.75) is 128 Å². The van der Waals surface area contributed by atoms with Crippen LogP contribution in [-0.4, -0.2) is 80.6 Å². The number of benzene rings is 4. The Morgan fingerprint density at radius 1 is 0.698 bits per heavy atom. The second-order valence-electron chi connectivity index (χ2n) is 18.5. The molecule has 3 atom stereocenters. The molecule has 10 heteroatoms. The molecule has 0 spiro atoms. The zero-order chi connectivity index (χ0) is 44.3. The number of hydrogen-bond acceptors (Lipinski definition) is 8. The minimum atomic E-state index is -0.685. The second-order valence-corrected chi connectivity index (χ2v) is 18.5. The summed E-state index contributed by atoms with van der Waals surface area (Å²) in [5.41, 5.74) is 6.92. The molecule has 6 bridgehead atoms. The average molecular weight is 864 g/mol. The quantitative estimate of drug-likeness (QED) is 0.0704. The van der Waals surface area contributed by atoms with Crippen molar-refractivity contribution in [3.05, 3.63) is 94.0 Å². The Labute approximate surface area is 375 Å². The summed E-state index contributed by atoms with van der Waals surface area (Å²) >= 11 is 0. The molecule has 4 aromatic rings. The predicted octanol–water partition coefficient (Wildman–Crippen LogP) is 11.9. The highest BCUT2D eigenvalue weighted by Crippen LogP contribution is 2.53. The fourth-order valence-electron chi connectivity index (χ4n) is 10.3. The van der Waals surface area contributed by atoms with E-state index in [0.29, 0.717) is 47.3 Å². The van der Waals surface area contributed by atoms with Gasteiger partial charge in [-0.05, 0) is 109 Å². The van der Waals surface area contributed by atoms with Gasteiger partial charge >= 0.3 is 5.97 Å². The number of phenolic OH excluding ortho intramolecular Hbond substituents is 1. The number of rotatable bonds is 19. The molecule has 2 N–H and O–H groups in total. The van der Waals surface area contributed by atoms with Crippen LogP contribution in [0.3, 0.4) is 0 Å². The monoisotopic (exact) mass is 864 g/mol. The summed E-state index contributed by atoms with van der Waals surface area (Å²) < 4.78 is 32.2. The highest BCUT2D eigenvalue weighted by molar-refractivity contribution is 5.66. The largest absolute Gasteiger partial charge is 0.502 e. The third-order valence-electron chi connectivity index (χ3n) is 14.1. The van der Waals surface area contributed by atoms with Crippen LogP contribution in [0.2, 0.25) is 0 Å². The molecule has 0 radical (unpaired) electrons. The SMILES string of the molecule is COc1ccc2cc1Oc1ccc(cc1)CC1c3cc(c(OC)cc3CCN1C)Oc1c(O)c(OC)cc3c1C(C2)[N+](C)(CCCCCCCCCCCCCCCC(=O)O)CC3. The summed E-state index contributed by atoms with van der Waals surface area (Å²) in [4.78, 5) is 13.1. The number of methoxy groups -OCH3 is 3. The van der Waals surface area contributed by atoms with Gasteiger partial charge in [0.15, 0.2) is 34.5 Å². The van der Waals surface area contributed by atoms with Gasteiger partial charge in [-0.3, -0.25) is 9.69 Å². The van der Waals surface area contributed by atoms with Crippen molar-refractivity contribution in [1.82, 2.24) is 4.90 Å². The van der Waals surface area contributed by atoms with Crippen molar-refractivity contribution in [1.29, 1.82) is 0 Å². The van der Waals surface area contributed by atoms with Crippen molar-refractivity contribution in [3.8, 4) is 46.0 Å². The Hall–Kier alpha value is -4.93. The molecule has 3 unspecified atom stereocenters. The van der Waals surface area contributed by atoms with Gasteiger partial charge in [0, 0.05) is 31.8 Å². The number of phenols is 1. The van der Waals surface area contributed by atoms with Gasteiger partial charge in [0.25, 0.3) is 0 Å². The molecule has 0 saturated heterocycles. The summed E-state index contributed by atoms with van der Waals surface area (Å²) in [5, 5.41) is 21.0. The van der Waals surface area contributed by atoms with Gasteiger partial charge in [-0.15, -0.1) is 0 Å². The van der Waals surface area contributed by atoms with Crippen molar-refractivity contribution in [3.63, 3.8) is 0 Å². The zero-order valence-electron chi connectivity index (χ0n) is 38.5. The highest BCUT2D eigenvalue weighted by atomic mass is 16.5. The zero-order valence-corrected chi connectivity index (χ0v) is 38.5. The number of unbranched alkanes of at least 4 members (excludes halogenated alkanes) is 12. The number of fused-ring (bicyclic) bond motifs is 2. The maximum absolute atomic E-state index is 12.1. The van der Waals surface area contributed by atoms with Crippen molar-refractivity contribution in [2.75, 3.05) is 55.1 Å². The van der Waals surface area contributed by atoms with Crippen LogP contribution in [0.5, 0.6) is 46.0 Å². The average Bonchev–Trinajstić information content (AvgIpc) is 3.28. The number of carboxylic acids is 1. The van der Waals surface area contributed by atoms with Crippen LogP contribution in [0.15, 0.2) is 60.7 Å². The maximum Gasteiger partial charge on any atom is 0.303 e. The molecule has 10 nitrogen and oxygen atoms in total. The van der Waals surface area contributed by atoms with E-state index in [2.05, 4.69) is 67.5 Å². The molecule has 0 amide bonds. The fraction of sp³-hybridized carbons (Fsp3) is 0.528. The Morgan fingerprint density at radius 2 is 1.30 bits per heavy atom. The molecule has 0 saturated carbocycles. The van der Waals surface area contributed by atoms with E-state index in [1.807, 2.05) is 12.1 Å². The lowest BCUT2D eigenvalue weighted by molar-refractivity contribution is -0.941. The van der Waals surface area contributed by atoms with Crippen LogP contribution >= 0.6 is 0 Å². The van der Waals surface area contributed by atoms with Gasteiger partial charge in [0.2, 0.25) is 5.75 Å². The third-order valence-corrected chi connectivity index (χ3v) is 14.1. The molecule has 4 heterocycles. The van der Waals surface area contributed by atoms with Crippen molar-refractivity contribution >= 4 is 5.97 Å². The van der Waals surface area contributed by atoms with Gasteiger partial charge in [-0.25, -0.2) is 0 Å². The van der Waals surface area contributed by atoms with E-state index in [0.717, 1.165) is 91.5 Å². The first kappa shape index (κ1) is 46.1. The fourth-order valence-corrected chi connectivity index (χ4v) is 10.3. The van der Waals surface area contributed by atoms with E-state index in [4.69, 9.17) is 28.8 Å². The van der Waals surface area contributed by atoms with E-state index in [-0.39, 0.29) is 17.8 Å². The Kier molecular flexibility index (Phi) is 15.8. The minimum Gasteiger partial charge on any atom is -0.502 e.